The zero-order chi connectivity index (χ0) is 18.7. The minimum Gasteiger partial charge on any atom is -0.324 e. The minimum atomic E-state index is -4.36. The smallest absolute Gasteiger partial charge is 0.324 e. The maximum atomic E-state index is 12.6. The van der Waals surface area contributed by atoms with Crippen LogP contribution in [0.5, 0.6) is 0 Å². The van der Waals surface area contributed by atoms with Gasteiger partial charge in [0.15, 0.2) is 0 Å². The highest BCUT2D eigenvalue weighted by molar-refractivity contribution is 6.00. The van der Waals surface area contributed by atoms with Crippen molar-refractivity contribution in [3.05, 3.63) is 71.9 Å². The maximum Gasteiger partial charge on any atom is 0.416 e. The fraction of sp³-hybridized carbons (Fsp3) is 0.200. The van der Waals surface area contributed by atoms with Crippen LogP contribution in [0, 0.1) is 0 Å². The van der Waals surface area contributed by atoms with Crippen LogP contribution in [0.4, 0.5) is 18.9 Å². The number of benzene rings is 2. The van der Waals surface area contributed by atoms with E-state index in [2.05, 4.69) is 10.3 Å². The number of pyridine rings is 1. The lowest BCUT2D eigenvalue weighted by Crippen LogP contribution is -2.15. The molecule has 26 heavy (non-hydrogen) atoms. The normalized spacial score (nSPS) is 12.8. The van der Waals surface area contributed by atoms with Gasteiger partial charge in [-0.1, -0.05) is 37.3 Å². The van der Waals surface area contributed by atoms with Crippen LogP contribution in [-0.4, -0.2) is 10.9 Å². The molecule has 0 spiro atoms. The third kappa shape index (κ3) is 4.02. The molecule has 1 heterocycles. The first kappa shape index (κ1) is 17.9. The number of carbonyl (C=O) groups excluding carboxylic acids is 1. The summed E-state index contributed by atoms with van der Waals surface area (Å²) in [6.45, 7) is 1.81. The molecule has 0 saturated carbocycles. The Morgan fingerprint density at radius 3 is 2.46 bits per heavy atom. The van der Waals surface area contributed by atoms with Crippen molar-refractivity contribution in [3.63, 3.8) is 0 Å². The van der Waals surface area contributed by atoms with Gasteiger partial charge in [0.05, 0.1) is 16.8 Å². The summed E-state index contributed by atoms with van der Waals surface area (Å²) < 4.78 is 37.9. The highest BCUT2D eigenvalue weighted by Gasteiger charge is 2.30. The maximum absolute atomic E-state index is 12.6. The lowest BCUT2D eigenvalue weighted by molar-refractivity contribution is -0.137. The summed E-state index contributed by atoms with van der Waals surface area (Å²) in [7, 11) is 0. The second-order valence-corrected chi connectivity index (χ2v) is 6.15. The first-order valence-corrected chi connectivity index (χ1v) is 8.15. The van der Waals surface area contributed by atoms with E-state index in [1.165, 1.54) is 12.1 Å². The van der Waals surface area contributed by atoms with Gasteiger partial charge in [0, 0.05) is 18.0 Å². The lowest BCUT2D eigenvalue weighted by Gasteiger charge is -2.14. The van der Waals surface area contributed by atoms with Crippen LogP contribution in [0.15, 0.2) is 60.8 Å². The number of halogens is 3. The number of fused-ring (bicyclic) bond motifs is 1. The number of hydrogen-bond acceptors (Lipinski definition) is 2. The molecule has 2 aromatic carbocycles. The van der Waals surface area contributed by atoms with Crippen LogP contribution in [-0.2, 0) is 11.0 Å². The summed E-state index contributed by atoms with van der Waals surface area (Å²) in [6, 6.07) is 14.2. The lowest BCUT2D eigenvalue weighted by atomic mass is 9.96. The molecule has 0 fully saturated rings. The molecule has 3 aromatic rings. The monoisotopic (exact) mass is 358 g/mol. The number of para-hydroxylation sites is 1. The molecule has 1 N–H and O–H groups in total. The van der Waals surface area contributed by atoms with Gasteiger partial charge in [0.2, 0.25) is 5.91 Å². The molecule has 0 radical (unpaired) electrons. The number of alkyl halides is 3. The molecule has 0 aliphatic carbocycles. The van der Waals surface area contributed by atoms with E-state index in [1.54, 1.807) is 12.3 Å². The molecule has 1 aromatic heterocycles. The molecule has 0 bridgehead atoms. The fourth-order valence-electron chi connectivity index (χ4n) is 2.80. The van der Waals surface area contributed by atoms with Gasteiger partial charge in [-0.25, -0.2) is 0 Å². The van der Waals surface area contributed by atoms with Crippen molar-refractivity contribution >= 4 is 22.5 Å². The number of amides is 1. The molecule has 3 nitrogen and oxygen atoms in total. The number of nitrogens with zero attached hydrogens (tertiary/aromatic N) is 1. The third-order valence-electron chi connectivity index (χ3n) is 4.21. The summed E-state index contributed by atoms with van der Waals surface area (Å²) in [5.74, 6) is -0.421. The van der Waals surface area contributed by atoms with Crippen LogP contribution in [0.3, 0.4) is 0 Å². The van der Waals surface area contributed by atoms with E-state index in [1.807, 2.05) is 31.2 Å². The van der Waals surface area contributed by atoms with E-state index in [0.717, 1.165) is 17.5 Å². The predicted molar refractivity (Wildman–Crippen MR) is 94.8 cm³/mol. The molecule has 3 rings (SSSR count). The van der Waals surface area contributed by atoms with E-state index in [9.17, 15) is 18.0 Å². The number of aromatic nitrogens is 1. The van der Waals surface area contributed by atoms with Gasteiger partial charge < -0.3 is 5.32 Å². The van der Waals surface area contributed by atoms with Gasteiger partial charge in [0.1, 0.15) is 0 Å². The quantitative estimate of drug-likeness (QED) is 0.680. The SMILES string of the molecule is CC(CC(=O)Nc1cccc2cccnc12)c1ccc(C(F)(F)F)cc1. The van der Waals surface area contributed by atoms with Crippen LogP contribution < -0.4 is 5.32 Å². The molecular weight excluding hydrogens is 341 g/mol. The topological polar surface area (TPSA) is 42.0 Å². The third-order valence-corrected chi connectivity index (χ3v) is 4.21. The van der Waals surface area contributed by atoms with E-state index in [4.69, 9.17) is 0 Å². The number of hydrogen-bond donors (Lipinski definition) is 1. The summed E-state index contributed by atoms with van der Waals surface area (Å²) in [4.78, 5) is 16.6. The van der Waals surface area contributed by atoms with Gasteiger partial charge in [-0.05, 0) is 35.7 Å². The van der Waals surface area contributed by atoms with Gasteiger partial charge in [0.25, 0.3) is 0 Å². The van der Waals surface area contributed by atoms with Crippen molar-refractivity contribution in [3.8, 4) is 0 Å². The molecule has 1 unspecified atom stereocenters. The Balaban J connectivity index is 1.69. The number of carbonyl (C=O) groups is 1. The van der Waals surface area contributed by atoms with Gasteiger partial charge >= 0.3 is 6.18 Å². The Kier molecular flexibility index (Phi) is 4.93. The molecule has 1 amide bonds. The zero-order valence-electron chi connectivity index (χ0n) is 14.0. The van der Waals surface area contributed by atoms with Gasteiger partial charge in [-0.3, -0.25) is 9.78 Å². The highest BCUT2D eigenvalue weighted by Crippen LogP contribution is 2.31. The van der Waals surface area contributed by atoms with Crippen LogP contribution in [0.1, 0.15) is 30.4 Å². The Morgan fingerprint density at radius 2 is 1.77 bits per heavy atom. The van der Waals surface area contributed by atoms with Crippen molar-refractivity contribution < 1.29 is 18.0 Å². The predicted octanol–water partition coefficient (Wildman–Crippen LogP) is 5.39. The van der Waals surface area contributed by atoms with Crippen molar-refractivity contribution in [2.75, 3.05) is 5.32 Å². The second kappa shape index (κ2) is 7.15. The standard InChI is InChI=1S/C20H17F3N2O/c1-13(14-7-9-16(10-8-14)20(21,22)23)12-18(26)25-17-6-2-4-15-5-3-11-24-19(15)17/h2-11,13H,12H2,1H3,(H,25,26). The zero-order valence-corrected chi connectivity index (χ0v) is 14.0. The van der Waals surface area contributed by atoms with E-state index in [0.29, 0.717) is 16.8 Å². The first-order valence-electron chi connectivity index (χ1n) is 8.15. The minimum absolute atomic E-state index is 0.161. The van der Waals surface area contributed by atoms with Crippen molar-refractivity contribution in [2.45, 2.75) is 25.4 Å². The molecule has 0 aliphatic heterocycles. The molecule has 1 atom stereocenters. The average Bonchev–Trinajstić information content (AvgIpc) is 2.61. The van der Waals surface area contributed by atoms with Crippen LogP contribution >= 0.6 is 0 Å². The number of anilines is 1. The number of rotatable bonds is 4. The largest absolute Gasteiger partial charge is 0.416 e. The Morgan fingerprint density at radius 1 is 1.08 bits per heavy atom. The van der Waals surface area contributed by atoms with Gasteiger partial charge in [-0.15, -0.1) is 0 Å². The fourth-order valence-corrected chi connectivity index (χ4v) is 2.80. The highest BCUT2D eigenvalue weighted by atomic mass is 19.4. The van der Waals surface area contributed by atoms with Crippen LogP contribution in [0.25, 0.3) is 10.9 Å². The molecule has 134 valence electrons. The van der Waals surface area contributed by atoms with Crippen molar-refractivity contribution in [1.29, 1.82) is 0 Å². The summed E-state index contributed by atoms with van der Waals surface area (Å²) in [5, 5.41) is 3.76. The van der Waals surface area contributed by atoms with Crippen LogP contribution in [0.2, 0.25) is 0 Å². The first-order chi connectivity index (χ1) is 12.3. The molecule has 6 heteroatoms. The Bertz CT molecular complexity index is 915. The molecule has 0 aliphatic rings. The Labute approximate surface area is 148 Å². The summed E-state index contributed by atoms with van der Waals surface area (Å²) in [6.07, 6.45) is -2.54. The molecule has 0 saturated heterocycles. The Hall–Kier alpha value is -2.89. The van der Waals surface area contributed by atoms with E-state index >= 15 is 0 Å². The van der Waals surface area contributed by atoms with Crippen molar-refractivity contribution in [1.82, 2.24) is 4.98 Å². The summed E-state index contributed by atoms with van der Waals surface area (Å²) in [5.41, 5.74) is 1.31. The van der Waals surface area contributed by atoms with Gasteiger partial charge in [-0.2, -0.15) is 13.2 Å². The summed E-state index contributed by atoms with van der Waals surface area (Å²) >= 11 is 0. The number of nitrogens with one attached hydrogen (secondary N) is 1. The second-order valence-electron chi connectivity index (χ2n) is 6.15. The average molecular weight is 358 g/mol. The van der Waals surface area contributed by atoms with E-state index in [-0.39, 0.29) is 18.2 Å². The van der Waals surface area contributed by atoms with Crippen molar-refractivity contribution in [2.24, 2.45) is 0 Å². The van der Waals surface area contributed by atoms with E-state index < -0.39 is 11.7 Å². The molecular formula is C20H17F3N2O.